The molecule has 2 aromatic rings. The molecule has 2 N–H and O–H groups in total. The molecule has 3 amide bonds. The van der Waals surface area contributed by atoms with Gasteiger partial charge in [-0.15, -0.1) is 10.2 Å². The summed E-state index contributed by atoms with van der Waals surface area (Å²) in [6.07, 6.45) is 4.34. The highest BCUT2D eigenvalue weighted by atomic mass is 32.2. The predicted molar refractivity (Wildman–Crippen MR) is 101 cm³/mol. The molecule has 1 aliphatic rings. The van der Waals surface area contributed by atoms with E-state index in [-0.39, 0.29) is 11.7 Å². The van der Waals surface area contributed by atoms with Gasteiger partial charge in [0.05, 0.1) is 5.75 Å². The topological polar surface area (TPSA) is 88.9 Å². The van der Waals surface area contributed by atoms with E-state index in [1.54, 1.807) is 0 Å². The highest BCUT2D eigenvalue weighted by Crippen LogP contribution is 2.21. The number of aryl methyl sites for hydroxylation is 3. The van der Waals surface area contributed by atoms with Gasteiger partial charge in [0.25, 0.3) is 0 Å². The average Bonchev–Trinajstić information content (AvgIpc) is 2.83. The summed E-state index contributed by atoms with van der Waals surface area (Å²) in [5.74, 6) is 0.749. The summed E-state index contributed by atoms with van der Waals surface area (Å²) in [7, 11) is 0. The van der Waals surface area contributed by atoms with Crippen molar-refractivity contribution in [3.8, 4) is 0 Å². The fraction of sp³-hybridized carbons (Fsp3) is 0.444. The van der Waals surface area contributed by atoms with Gasteiger partial charge in [0.15, 0.2) is 5.16 Å². The number of imide groups is 1. The van der Waals surface area contributed by atoms with Gasteiger partial charge in [-0.05, 0) is 49.9 Å². The Labute approximate surface area is 157 Å². The standard InChI is InChI=1S/C18H23N5O2S/c1-12-7-8-14(10-13(12)2)19-17(25)20-16(24)11-26-18-22-21-15-6-4-3-5-9-23(15)18/h7-8,10H,3-6,9,11H2,1-2H3,(H2,19,20,24,25). The van der Waals surface area contributed by atoms with Crippen LogP contribution in [0.3, 0.4) is 0 Å². The number of amides is 3. The number of nitrogens with one attached hydrogen (secondary N) is 2. The molecule has 8 heteroatoms. The number of rotatable bonds is 4. The summed E-state index contributed by atoms with van der Waals surface area (Å²) in [6.45, 7) is 4.87. The van der Waals surface area contributed by atoms with Crippen LogP contribution >= 0.6 is 11.8 Å². The van der Waals surface area contributed by atoms with Gasteiger partial charge < -0.3 is 9.88 Å². The summed E-state index contributed by atoms with van der Waals surface area (Å²) in [5, 5.41) is 14.2. The van der Waals surface area contributed by atoms with E-state index in [2.05, 4.69) is 25.4 Å². The first-order valence-corrected chi connectivity index (χ1v) is 9.74. The third-order valence-corrected chi connectivity index (χ3v) is 5.39. The second-order valence-electron chi connectivity index (χ2n) is 6.45. The molecule has 0 radical (unpaired) electrons. The Balaban J connectivity index is 1.50. The molecule has 0 saturated heterocycles. The van der Waals surface area contributed by atoms with Gasteiger partial charge >= 0.3 is 6.03 Å². The molecule has 1 aromatic carbocycles. The van der Waals surface area contributed by atoms with Gasteiger partial charge in [0.1, 0.15) is 5.82 Å². The van der Waals surface area contributed by atoms with Crippen molar-refractivity contribution in [2.24, 2.45) is 0 Å². The lowest BCUT2D eigenvalue weighted by Crippen LogP contribution is -2.35. The third kappa shape index (κ3) is 4.63. The summed E-state index contributed by atoms with van der Waals surface area (Å²) < 4.78 is 2.08. The molecular formula is C18H23N5O2S. The number of benzene rings is 1. The van der Waals surface area contributed by atoms with Crippen molar-refractivity contribution >= 4 is 29.4 Å². The van der Waals surface area contributed by atoms with Crippen LogP contribution in [-0.2, 0) is 17.8 Å². The van der Waals surface area contributed by atoms with Crippen LogP contribution < -0.4 is 10.6 Å². The lowest BCUT2D eigenvalue weighted by atomic mass is 10.1. The molecule has 0 spiro atoms. The lowest BCUT2D eigenvalue weighted by Gasteiger charge is -2.09. The number of thioether (sulfide) groups is 1. The fourth-order valence-corrected chi connectivity index (χ4v) is 3.62. The lowest BCUT2D eigenvalue weighted by molar-refractivity contribution is -0.117. The van der Waals surface area contributed by atoms with Crippen LogP contribution in [0.4, 0.5) is 10.5 Å². The first-order valence-electron chi connectivity index (χ1n) is 8.76. The Morgan fingerprint density at radius 1 is 1.15 bits per heavy atom. The van der Waals surface area contributed by atoms with Crippen LogP contribution in [0.5, 0.6) is 0 Å². The minimum atomic E-state index is -0.529. The molecule has 26 heavy (non-hydrogen) atoms. The Hall–Kier alpha value is -2.35. The summed E-state index contributed by atoms with van der Waals surface area (Å²) in [4.78, 5) is 24.0. The van der Waals surface area contributed by atoms with Crippen LogP contribution in [-0.4, -0.2) is 32.5 Å². The SMILES string of the molecule is Cc1ccc(NC(=O)NC(=O)CSc2nnc3n2CCCCC3)cc1C. The summed E-state index contributed by atoms with van der Waals surface area (Å²) in [5.41, 5.74) is 2.89. The number of hydrogen-bond acceptors (Lipinski definition) is 5. The number of anilines is 1. The Bertz CT molecular complexity index is 818. The van der Waals surface area contributed by atoms with E-state index in [0.29, 0.717) is 5.69 Å². The largest absolute Gasteiger partial charge is 0.325 e. The molecule has 0 saturated carbocycles. The van der Waals surface area contributed by atoms with Crippen molar-refractivity contribution in [2.75, 3.05) is 11.1 Å². The minimum Gasteiger partial charge on any atom is -0.308 e. The number of carbonyl (C=O) groups excluding carboxylic acids is 2. The van der Waals surface area contributed by atoms with Crippen LogP contribution in [0.2, 0.25) is 0 Å². The van der Waals surface area contributed by atoms with Gasteiger partial charge in [-0.2, -0.15) is 0 Å². The quantitative estimate of drug-likeness (QED) is 0.804. The Morgan fingerprint density at radius 2 is 2.00 bits per heavy atom. The van der Waals surface area contributed by atoms with Crippen molar-refractivity contribution in [3.05, 3.63) is 35.2 Å². The van der Waals surface area contributed by atoms with Gasteiger partial charge in [-0.3, -0.25) is 10.1 Å². The van der Waals surface area contributed by atoms with Gasteiger partial charge in [-0.1, -0.05) is 24.2 Å². The average molecular weight is 373 g/mol. The van der Waals surface area contributed by atoms with Crippen LogP contribution in [0, 0.1) is 13.8 Å². The molecular weight excluding hydrogens is 350 g/mol. The second kappa shape index (κ2) is 8.35. The van der Waals surface area contributed by atoms with Crippen molar-refractivity contribution in [2.45, 2.75) is 51.2 Å². The van der Waals surface area contributed by atoms with Crippen LogP contribution in [0.25, 0.3) is 0 Å². The van der Waals surface area contributed by atoms with E-state index in [1.807, 2.05) is 32.0 Å². The zero-order chi connectivity index (χ0) is 18.5. The van der Waals surface area contributed by atoms with Gasteiger partial charge in [0.2, 0.25) is 5.91 Å². The molecule has 0 bridgehead atoms. The molecule has 0 aliphatic carbocycles. The zero-order valence-electron chi connectivity index (χ0n) is 15.0. The summed E-state index contributed by atoms with van der Waals surface area (Å²) in [6, 6.07) is 5.09. The number of aromatic nitrogens is 3. The van der Waals surface area contributed by atoms with E-state index in [1.165, 1.54) is 18.2 Å². The van der Waals surface area contributed by atoms with E-state index in [9.17, 15) is 9.59 Å². The molecule has 0 atom stereocenters. The maximum atomic E-state index is 12.0. The van der Waals surface area contributed by atoms with Crippen molar-refractivity contribution in [1.82, 2.24) is 20.1 Å². The predicted octanol–water partition coefficient (Wildman–Crippen LogP) is 3.06. The second-order valence-corrected chi connectivity index (χ2v) is 7.39. The van der Waals surface area contributed by atoms with Gasteiger partial charge in [0, 0.05) is 18.7 Å². The highest BCUT2D eigenvalue weighted by molar-refractivity contribution is 7.99. The third-order valence-electron chi connectivity index (χ3n) is 4.43. The number of urea groups is 1. The number of hydrogen-bond donors (Lipinski definition) is 2. The van der Waals surface area contributed by atoms with E-state index in [0.717, 1.165) is 47.9 Å². The maximum absolute atomic E-state index is 12.0. The van der Waals surface area contributed by atoms with E-state index >= 15 is 0 Å². The normalized spacial score (nSPS) is 13.6. The van der Waals surface area contributed by atoms with Crippen molar-refractivity contribution < 1.29 is 9.59 Å². The van der Waals surface area contributed by atoms with Gasteiger partial charge in [-0.25, -0.2) is 4.79 Å². The van der Waals surface area contributed by atoms with Crippen molar-refractivity contribution in [3.63, 3.8) is 0 Å². The monoisotopic (exact) mass is 373 g/mol. The molecule has 2 heterocycles. The fourth-order valence-electron chi connectivity index (χ4n) is 2.84. The highest BCUT2D eigenvalue weighted by Gasteiger charge is 2.16. The number of carbonyl (C=O) groups is 2. The summed E-state index contributed by atoms with van der Waals surface area (Å²) >= 11 is 1.31. The molecule has 1 aromatic heterocycles. The Morgan fingerprint density at radius 3 is 2.81 bits per heavy atom. The smallest absolute Gasteiger partial charge is 0.308 e. The number of fused-ring (bicyclic) bond motifs is 1. The molecule has 1 aliphatic heterocycles. The Kier molecular flexibility index (Phi) is 5.92. The molecule has 0 unspecified atom stereocenters. The molecule has 0 fully saturated rings. The maximum Gasteiger partial charge on any atom is 0.325 e. The molecule has 7 nitrogen and oxygen atoms in total. The van der Waals surface area contributed by atoms with Crippen molar-refractivity contribution in [1.29, 1.82) is 0 Å². The molecule has 3 rings (SSSR count). The first kappa shape index (κ1) is 18.4. The molecule has 138 valence electrons. The number of nitrogens with zero attached hydrogens (tertiary/aromatic N) is 3. The first-order chi connectivity index (χ1) is 12.5. The van der Waals surface area contributed by atoms with Crippen LogP contribution in [0.15, 0.2) is 23.4 Å². The zero-order valence-corrected chi connectivity index (χ0v) is 15.9. The minimum absolute atomic E-state index is 0.123. The van der Waals surface area contributed by atoms with E-state index < -0.39 is 6.03 Å². The van der Waals surface area contributed by atoms with E-state index in [4.69, 9.17) is 0 Å². The van der Waals surface area contributed by atoms with Crippen LogP contribution in [0.1, 0.15) is 36.2 Å².